The Morgan fingerprint density at radius 3 is 2.76 bits per heavy atom. The topological polar surface area (TPSA) is 49.3 Å². The van der Waals surface area contributed by atoms with Crippen molar-refractivity contribution in [3.05, 3.63) is 29.8 Å². The van der Waals surface area contributed by atoms with Crippen molar-refractivity contribution in [1.82, 2.24) is 5.32 Å². The average Bonchev–Trinajstić information content (AvgIpc) is 2.28. The summed E-state index contributed by atoms with van der Waals surface area (Å²) in [5.74, 6) is -0.106. The fraction of sp³-hybridized carbons (Fsp3) is 0.462. The van der Waals surface area contributed by atoms with E-state index in [1.165, 1.54) is 0 Å². The van der Waals surface area contributed by atoms with Crippen LogP contribution >= 0.6 is 12.6 Å². The van der Waals surface area contributed by atoms with Crippen molar-refractivity contribution < 1.29 is 9.90 Å². The Morgan fingerprint density at radius 1 is 1.53 bits per heavy atom. The monoisotopic (exact) mass is 251 g/mol. The maximum Gasteiger partial charge on any atom is 0.251 e. The summed E-state index contributed by atoms with van der Waals surface area (Å²) in [5.41, 5.74) is 0.364. The summed E-state index contributed by atoms with van der Waals surface area (Å²) in [6.45, 7) is 3.92. The first kappa shape index (κ1) is 12.5. The van der Waals surface area contributed by atoms with E-state index in [0.717, 1.165) is 4.90 Å². The molecule has 2 atom stereocenters. The summed E-state index contributed by atoms with van der Waals surface area (Å²) >= 11 is 4.20. The van der Waals surface area contributed by atoms with E-state index in [-0.39, 0.29) is 23.5 Å². The Balaban J connectivity index is 2.04. The highest BCUT2D eigenvalue weighted by molar-refractivity contribution is 7.80. The number of nitrogens with one attached hydrogen (secondary N) is 1. The summed E-state index contributed by atoms with van der Waals surface area (Å²) < 4.78 is 0. The molecule has 1 aromatic carbocycles. The highest BCUT2D eigenvalue weighted by atomic mass is 32.1. The zero-order valence-corrected chi connectivity index (χ0v) is 10.9. The van der Waals surface area contributed by atoms with Crippen LogP contribution in [0.1, 0.15) is 30.6 Å². The fourth-order valence-corrected chi connectivity index (χ4v) is 2.26. The van der Waals surface area contributed by atoms with Gasteiger partial charge in [-0.15, -0.1) is 12.6 Å². The van der Waals surface area contributed by atoms with E-state index in [1.807, 2.05) is 19.9 Å². The van der Waals surface area contributed by atoms with Crippen molar-refractivity contribution >= 4 is 18.5 Å². The van der Waals surface area contributed by atoms with E-state index < -0.39 is 0 Å². The molecular weight excluding hydrogens is 234 g/mol. The van der Waals surface area contributed by atoms with Crippen molar-refractivity contribution in [3.8, 4) is 0 Å². The molecule has 0 saturated heterocycles. The fourth-order valence-electron chi connectivity index (χ4n) is 2.04. The molecule has 0 aliphatic heterocycles. The maximum absolute atomic E-state index is 12.0. The predicted molar refractivity (Wildman–Crippen MR) is 69.4 cm³/mol. The molecule has 1 saturated carbocycles. The molecule has 0 bridgehead atoms. The first-order valence-electron chi connectivity index (χ1n) is 5.69. The molecule has 1 aliphatic rings. The van der Waals surface area contributed by atoms with Gasteiger partial charge in [0.25, 0.3) is 5.91 Å². The first-order valence-corrected chi connectivity index (χ1v) is 6.14. The molecule has 0 spiro atoms. The normalized spacial score (nSPS) is 26.1. The van der Waals surface area contributed by atoms with Gasteiger partial charge in [0.2, 0.25) is 0 Å². The number of carbonyl (C=O) groups excluding carboxylic acids is 1. The zero-order valence-electron chi connectivity index (χ0n) is 9.97. The van der Waals surface area contributed by atoms with Gasteiger partial charge in [-0.25, -0.2) is 0 Å². The molecule has 3 nitrogen and oxygen atoms in total. The third-order valence-corrected chi connectivity index (χ3v) is 3.91. The van der Waals surface area contributed by atoms with Crippen LogP contribution in [0.2, 0.25) is 0 Å². The largest absolute Gasteiger partial charge is 0.392 e. The molecule has 92 valence electrons. The number of rotatable bonds is 2. The van der Waals surface area contributed by atoms with Crippen molar-refractivity contribution in [2.24, 2.45) is 5.41 Å². The highest BCUT2D eigenvalue weighted by Gasteiger charge is 2.47. The third-order valence-electron chi connectivity index (χ3n) is 3.63. The third kappa shape index (κ3) is 2.33. The van der Waals surface area contributed by atoms with Gasteiger partial charge in [0.05, 0.1) is 6.10 Å². The van der Waals surface area contributed by atoms with Crippen molar-refractivity contribution in [2.45, 2.75) is 37.3 Å². The molecule has 17 heavy (non-hydrogen) atoms. The lowest BCUT2D eigenvalue weighted by atomic mass is 9.64. The molecule has 1 fully saturated rings. The van der Waals surface area contributed by atoms with E-state index in [0.29, 0.717) is 12.0 Å². The lowest BCUT2D eigenvalue weighted by Gasteiger charge is -2.49. The van der Waals surface area contributed by atoms with E-state index in [4.69, 9.17) is 0 Å². The van der Waals surface area contributed by atoms with Crippen LogP contribution in [0.25, 0.3) is 0 Å². The van der Waals surface area contributed by atoms with Crippen LogP contribution in [0.3, 0.4) is 0 Å². The standard InChI is InChI=1S/C13H17NO2S/c1-13(2)10(7-11(13)15)14-12(16)8-4-3-5-9(17)6-8/h3-6,10-11,15,17H,7H2,1-2H3,(H,14,16). The molecule has 0 aromatic heterocycles. The van der Waals surface area contributed by atoms with E-state index in [1.54, 1.807) is 18.2 Å². The maximum atomic E-state index is 12.0. The van der Waals surface area contributed by atoms with Gasteiger partial charge < -0.3 is 10.4 Å². The van der Waals surface area contributed by atoms with Gasteiger partial charge >= 0.3 is 0 Å². The van der Waals surface area contributed by atoms with Gasteiger partial charge in [-0.1, -0.05) is 19.9 Å². The van der Waals surface area contributed by atoms with Crippen LogP contribution in [0, 0.1) is 5.41 Å². The van der Waals surface area contributed by atoms with Gasteiger partial charge in [-0.2, -0.15) is 0 Å². The zero-order chi connectivity index (χ0) is 12.6. The minimum atomic E-state index is -0.330. The number of amides is 1. The number of hydrogen-bond acceptors (Lipinski definition) is 3. The minimum absolute atomic E-state index is 0.0357. The van der Waals surface area contributed by atoms with Crippen molar-refractivity contribution in [3.63, 3.8) is 0 Å². The molecule has 1 aliphatic carbocycles. The quantitative estimate of drug-likeness (QED) is 0.703. The van der Waals surface area contributed by atoms with Crippen LogP contribution in [0.5, 0.6) is 0 Å². The second-order valence-electron chi connectivity index (χ2n) is 5.15. The van der Waals surface area contributed by atoms with E-state index in [9.17, 15) is 9.90 Å². The molecule has 0 heterocycles. The number of benzene rings is 1. The Hall–Kier alpha value is -1.00. The van der Waals surface area contributed by atoms with E-state index in [2.05, 4.69) is 17.9 Å². The summed E-state index contributed by atoms with van der Waals surface area (Å²) in [6.07, 6.45) is 0.295. The molecule has 1 amide bonds. The Labute approximate surface area is 107 Å². The van der Waals surface area contributed by atoms with Gasteiger partial charge in [-0.3, -0.25) is 4.79 Å². The summed E-state index contributed by atoms with van der Waals surface area (Å²) in [6, 6.07) is 7.17. The van der Waals surface area contributed by atoms with Crippen LogP contribution in [0.4, 0.5) is 0 Å². The van der Waals surface area contributed by atoms with Gasteiger partial charge in [0, 0.05) is 21.9 Å². The Morgan fingerprint density at radius 2 is 2.24 bits per heavy atom. The van der Waals surface area contributed by atoms with Crippen LogP contribution < -0.4 is 5.32 Å². The van der Waals surface area contributed by atoms with Gasteiger partial charge in [-0.05, 0) is 24.6 Å². The molecule has 4 heteroatoms. The summed E-state index contributed by atoms with van der Waals surface area (Å²) in [5, 5.41) is 12.6. The number of aliphatic hydroxyl groups is 1. The highest BCUT2D eigenvalue weighted by Crippen LogP contribution is 2.40. The second-order valence-corrected chi connectivity index (χ2v) is 5.67. The van der Waals surface area contributed by atoms with Crippen molar-refractivity contribution in [1.29, 1.82) is 0 Å². The van der Waals surface area contributed by atoms with Gasteiger partial charge in [0.15, 0.2) is 0 Å². The number of carbonyl (C=O) groups is 1. The molecule has 1 aromatic rings. The average molecular weight is 251 g/mol. The predicted octanol–water partition coefficient (Wildman–Crippen LogP) is 1.86. The first-order chi connectivity index (χ1) is 7.91. The lowest BCUT2D eigenvalue weighted by Crippen LogP contribution is -2.61. The number of hydrogen-bond donors (Lipinski definition) is 3. The number of aliphatic hydroxyl groups excluding tert-OH is 1. The number of thiol groups is 1. The summed E-state index contributed by atoms with van der Waals surface area (Å²) in [7, 11) is 0. The van der Waals surface area contributed by atoms with Crippen LogP contribution in [-0.2, 0) is 0 Å². The molecule has 2 N–H and O–H groups in total. The Kier molecular flexibility index (Phi) is 3.19. The molecule has 2 rings (SSSR count). The van der Waals surface area contributed by atoms with E-state index >= 15 is 0 Å². The van der Waals surface area contributed by atoms with Crippen molar-refractivity contribution in [2.75, 3.05) is 0 Å². The lowest BCUT2D eigenvalue weighted by molar-refractivity contribution is -0.0689. The minimum Gasteiger partial charge on any atom is -0.392 e. The smallest absolute Gasteiger partial charge is 0.251 e. The van der Waals surface area contributed by atoms with Crippen LogP contribution in [0.15, 0.2) is 29.2 Å². The SMILES string of the molecule is CC1(C)C(O)CC1NC(=O)c1cccc(S)c1. The second kappa shape index (κ2) is 4.35. The molecule has 0 radical (unpaired) electrons. The molecular formula is C13H17NO2S. The Bertz CT molecular complexity index is 445. The molecule has 2 unspecified atom stereocenters. The van der Waals surface area contributed by atoms with Crippen LogP contribution in [-0.4, -0.2) is 23.2 Å². The summed E-state index contributed by atoms with van der Waals surface area (Å²) in [4.78, 5) is 12.7. The van der Waals surface area contributed by atoms with Gasteiger partial charge in [0.1, 0.15) is 0 Å².